The fraction of sp³-hybridized carbons (Fsp3) is 0.640. The molecule has 8 N–H and O–H groups in total. The third kappa shape index (κ3) is 13.5. The van der Waals surface area contributed by atoms with Gasteiger partial charge in [0, 0.05) is 19.6 Å². The van der Waals surface area contributed by atoms with Crippen molar-refractivity contribution < 1.29 is 23.5 Å². The zero-order valence-electron chi connectivity index (χ0n) is 22.9. The zero-order valence-corrected chi connectivity index (χ0v) is 22.9. The van der Waals surface area contributed by atoms with E-state index >= 15 is 0 Å². The molecule has 212 valence electrons. The molecule has 1 amide bonds. The van der Waals surface area contributed by atoms with Crippen molar-refractivity contribution in [3.8, 4) is 0 Å². The molecule has 37 heavy (non-hydrogen) atoms. The largest absolute Gasteiger partial charge is 0.383 e. The van der Waals surface area contributed by atoms with Crippen LogP contribution in [0, 0.1) is 12.7 Å². The second-order valence-electron chi connectivity index (χ2n) is 8.37. The first kappa shape index (κ1) is 34.4. The fourth-order valence-corrected chi connectivity index (χ4v) is 3.18. The van der Waals surface area contributed by atoms with Crippen LogP contribution in [0.1, 0.15) is 62.9 Å². The van der Waals surface area contributed by atoms with Crippen LogP contribution in [-0.2, 0) is 32.2 Å². The number of benzene rings is 1. The number of Topliss-reactive ketones (excluding diaryl/α,β-unsaturated/α-hetero) is 1. The maximum atomic E-state index is 13.2. The Labute approximate surface area is 219 Å². The summed E-state index contributed by atoms with van der Waals surface area (Å²) in [5, 5.41) is 9.56. The van der Waals surface area contributed by atoms with Gasteiger partial charge in [0.15, 0.2) is 11.6 Å². The standard InChI is InChI=1S/C18H28FN5O3.C5H12N2O.C2H6/c1-12-8-16(19)5-4-14(12)10-27-11-15(9-18(20,21)13(2)25)17-22-23-24(17)6-7-26-3;6-3-1-2-4-7-5-8;1-2/h4-5,8,15,23H,6-7,9-11,20-21H2,1-3H3;5H,1-4,6H2,(H,7,8);1-2H3. The normalized spacial score (nSPS) is 11.6. The number of hydrogen-bond acceptors (Lipinski definition) is 8. The van der Waals surface area contributed by atoms with E-state index in [1.807, 2.05) is 25.5 Å². The van der Waals surface area contributed by atoms with Gasteiger partial charge in [-0.3, -0.25) is 14.3 Å². The SMILES string of the molecule is CC.COCCn1[nH]nc1C(COCc1ccc(F)cc1C)CC(N)(N)C(C)=O.NCCCCNC=O. The maximum Gasteiger partial charge on any atom is 0.207 e. The minimum absolute atomic E-state index is 0.189. The van der Waals surface area contributed by atoms with Gasteiger partial charge in [-0.05, 0) is 62.9 Å². The molecule has 0 saturated heterocycles. The summed E-state index contributed by atoms with van der Waals surface area (Å²) in [4.78, 5) is 21.4. The monoisotopic (exact) mass is 527 g/mol. The van der Waals surface area contributed by atoms with Crippen LogP contribution in [0.15, 0.2) is 18.2 Å². The molecule has 1 heterocycles. The maximum absolute atomic E-state index is 13.2. The van der Waals surface area contributed by atoms with Crippen molar-refractivity contribution in [3.63, 3.8) is 0 Å². The van der Waals surface area contributed by atoms with Crippen LogP contribution in [-0.4, -0.2) is 66.3 Å². The lowest BCUT2D eigenvalue weighted by molar-refractivity contribution is -0.122. The number of methoxy groups -OCH3 is 1. The Morgan fingerprint density at radius 3 is 2.54 bits per heavy atom. The van der Waals surface area contributed by atoms with Crippen molar-refractivity contribution in [3.05, 3.63) is 41.0 Å². The molecule has 11 nitrogen and oxygen atoms in total. The van der Waals surface area contributed by atoms with Gasteiger partial charge in [-0.2, -0.15) is 0 Å². The quantitative estimate of drug-likeness (QED) is 0.124. The summed E-state index contributed by atoms with van der Waals surface area (Å²) in [6.07, 6.45) is 2.86. The number of aryl methyl sites for hydroxylation is 1. The predicted octanol–water partition coefficient (Wildman–Crippen LogP) is 1.70. The molecule has 0 radical (unpaired) electrons. The Morgan fingerprint density at radius 1 is 1.32 bits per heavy atom. The van der Waals surface area contributed by atoms with Gasteiger partial charge in [0.2, 0.25) is 6.41 Å². The molecular formula is C25H46FN7O4. The van der Waals surface area contributed by atoms with Crippen molar-refractivity contribution in [1.29, 1.82) is 0 Å². The van der Waals surface area contributed by atoms with E-state index in [-0.39, 0.29) is 30.5 Å². The van der Waals surface area contributed by atoms with Gasteiger partial charge in [-0.25, -0.2) is 9.60 Å². The van der Waals surface area contributed by atoms with Crippen molar-refractivity contribution in [2.45, 2.75) is 71.7 Å². The molecule has 0 saturated carbocycles. The van der Waals surface area contributed by atoms with E-state index in [0.717, 1.165) is 30.5 Å². The molecule has 1 atom stereocenters. The molecule has 2 rings (SSSR count). The average molecular weight is 528 g/mol. The first-order valence-electron chi connectivity index (χ1n) is 12.5. The van der Waals surface area contributed by atoms with E-state index < -0.39 is 5.66 Å². The predicted molar refractivity (Wildman–Crippen MR) is 142 cm³/mol. The molecule has 1 aromatic heterocycles. The number of nitrogens with one attached hydrogen (secondary N) is 2. The first-order valence-corrected chi connectivity index (χ1v) is 12.5. The Hall–Kier alpha value is -2.64. The lowest BCUT2D eigenvalue weighted by Gasteiger charge is -2.29. The lowest BCUT2D eigenvalue weighted by atomic mass is 9.92. The van der Waals surface area contributed by atoms with Gasteiger partial charge < -0.3 is 32.0 Å². The number of nitrogens with zero attached hydrogens (tertiary/aromatic N) is 2. The van der Waals surface area contributed by atoms with Crippen LogP contribution in [0.4, 0.5) is 4.39 Å². The summed E-state index contributed by atoms with van der Waals surface area (Å²) in [6.45, 7) is 10.3. The van der Waals surface area contributed by atoms with Crippen LogP contribution in [0.5, 0.6) is 0 Å². The number of H-pyrrole nitrogens is 1. The van der Waals surface area contributed by atoms with E-state index in [2.05, 4.69) is 15.6 Å². The third-order valence-electron chi connectivity index (χ3n) is 5.43. The van der Waals surface area contributed by atoms with E-state index in [1.165, 1.54) is 19.1 Å². The number of hydrogen-bond donors (Lipinski definition) is 5. The molecular weight excluding hydrogens is 481 g/mol. The molecule has 2 aromatic rings. The number of ether oxygens (including phenoxy) is 2. The summed E-state index contributed by atoms with van der Waals surface area (Å²) in [7, 11) is 1.61. The summed E-state index contributed by atoms with van der Waals surface area (Å²) in [6, 6.07) is 4.55. The molecule has 0 fully saturated rings. The van der Waals surface area contributed by atoms with Gasteiger partial charge in [0.1, 0.15) is 11.5 Å². The van der Waals surface area contributed by atoms with E-state index in [0.29, 0.717) is 38.5 Å². The molecule has 12 heteroatoms. The minimum atomic E-state index is -1.47. The van der Waals surface area contributed by atoms with Crippen LogP contribution in [0.25, 0.3) is 0 Å². The third-order valence-corrected chi connectivity index (χ3v) is 5.43. The van der Waals surface area contributed by atoms with Crippen molar-refractivity contribution in [2.24, 2.45) is 17.2 Å². The number of aromatic nitrogens is 3. The van der Waals surface area contributed by atoms with Gasteiger partial charge in [-0.15, -0.1) is 5.10 Å². The number of carbonyl (C=O) groups excluding carboxylic acids is 2. The van der Waals surface area contributed by atoms with E-state index in [1.54, 1.807) is 13.2 Å². The average Bonchev–Trinajstić information content (AvgIpc) is 2.84. The lowest BCUT2D eigenvalue weighted by Crippen LogP contribution is -2.56. The second-order valence-corrected chi connectivity index (χ2v) is 8.37. The minimum Gasteiger partial charge on any atom is -0.383 e. The molecule has 0 aliphatic heterocycles. The summed E-state index contributed by atoms with van der Waals surface area (Å²) in [5.74, 6) is -0.152. The molecule has 1 aromatic carbocycles. The second kappa shape index (κ2) is 19.5. The number of halogens is 1. The highest BCUT2D eigenvalue weighted by molar-refractivity contribution is 5.85. The van der Waals surface area contributed by atoms with Gasteiger partial charge in [-0.1, -0.05) is 19.9 Å². The van der Waals surface area contributed by atoms with Gasteiger partial charge in [0.25, 0.3) is 0 Å². The number of carbonyl (C=O) groups is 2. The number of unbranched alkanes of at least 4 members (excludes halogenated alkanes) is 1. The summed E-state index contributed by atoms with van der Waals surface area (Å²) < 4.78 is 25.9. The van der Waals surface area contributed by atoms with Crippen LogP contribution in [0.2, 0.25) is 0 Å². The molecule has 0 bridgehead atoms. The number of aromatic amines is 1. The van der Waals surface area contributed by atoms with Crippen LogP contribution >= 0.6 is 0 Å². The Kier molecular flexibility index (Phi) is 18.1. The van der Waals surface area contributed by atoms with Crippen LogP contribution in [0.3, 0.4) is 0 Å². The Balaban J connectivity index is 0.00000111. The highest BCUT2D eigenvalue weighted by Gasteiger charge is 2.33. The number of amides is 1. The summed E-state index contributed by atoms with van der Waals surface area (Å²) in [5.41, 5.74) is 17.3. The van der Waals surface area contributed by atoms with E-state index in [4.69, 9.17) is 26.7 Å². The smallest absolute Gasteiger partial charge is 0.207 e. The highest BCUT2D eigenvalue weighted by Crippen LogP contribution is 2.24. The van der Waals surface area contributed by atoms with Crippen LogP contribution < -0.4 is 22.5 Å². The summed E-state index contributed by atoms with van der Waals surface area (Å²) >= 11 is 0. The Bertz CT molecular complexity index is 886. The molecule has 0 aliphatic rings. The fourth-order valence-electron chi connectivity index (χ4n) is 3.18. The van der Waals surface area contributed by atoms with E-state index in [9.17, 15) is 14.0 Å². The number of nitrogens with two attached hydrogens (primary N) is 3. The first-order chi connectivity index (χ1) is 17.7. The Morgan fingerprint density at radius 2 is 2.03 bits per heavy atom. The molecule has 1 unspecified atom stereocenters. The van der Waals surface area contributed by atoms with Crippen molar-refractivity contribution in [2.75, 3.05) is 33.4 Å². The molecule has 0 spiro atoms. The van der Waals surface area contributed by atoms with Crippen molar-refractivity contribution >= 4 is 12.2 Å². The number of rotatable bonds is 16. The number of ketones is 1. The van der Waals surface area contributed by atoms with Gasteiger partial charge >= 0.3 is 0 Å². The highest BCUT2D eigenvalue weighted by atomic mass is 19.1. The zero-order chi connectivity index (χ0) is 28.3. The topological polar surface area (TPSA) is 176 Å². The van der Waals surface area contributed by atoms with Gasteiger partial charge in [0.05, 0.1) is 26.4 Å². The van der Waals surface area contributed by atoms with Crippen molar-refractivity contribution in [1.82, 2.24) is 20.3 Å². The molecule has 0 aliphatic carbocycles.